The Kier molecular flexibility index (Phi) is 19.8. The number of benzene rings is 3. The predicted octanol–water partition coefficient (Wildman–Crippen LogP) is 14.6. The first-order chi connectivity index (χ1) is 22.6. The fourth-order valence-corrected chi connectivity index (χ4v) is 5.99. The summed E-state index contributed by atoms with van der Waals surface area (Å²) in [5.41, 5.74) is 4.40. The Balaban J connectivity index is 1.75. The van der Waals surface area contributed by atoms with E-state index in [4.69, 9.17) is 9.47 Å². The van der Waals surface area contributed by atoms with Crippen LogP contribution in [0.5, 0.6) is 11.5 Å². The van der Waals surface area contributed by atoms with Gasteiger partial charge in [0.2, 0.25) is 0 Å². The van der Waals surface area contributed by atoms with E-state index in [1.807, 2.05) is 0 Å². The summed E-state index contributed by atoms with van der Waals surface area (Å²) in [5.74, 6) is 1.82. The minimum absolute atomic E-state index is 0.725. The van der Waals surface area contributed by atoms with Crippen LogP contribution in [0.2, 0.25) is 0 Å². The summed E-state index contributed by atoms with van der Waals surface area (Å²) in [6.07, 6.45) is 29.2. The highest BCUT2D eigenvalue weighted by molar-refractivity contribution is 9.10. The second-order valence-corrected chi connectivity index (χ2v) is 14.2. The first kappa shape index (κ1) is 38.2. The molecule has 0 N–H and O–H groups in total. The van der Waals surface area contributed by atoms with E-state index in [0.29, 0.717) is 0 Å². The molecule has 0 unspecified atom stereocenters. The van der Waals surface area contributed by atoms with Crippen molar-refractivity contribution in [3.63, 3.8) is 0 Å². The van der Waals surface area contributed by atoms with E-state index in [1.165, 1.54) is 89.9 Å². The number of halogens is 2. The van der Waals surface area contributed by atoms with Gasteiger partial charge >= 0.3 is 0 Å². The van der Waals surface area contributed by atoms with Crippen molar-refractivity contribution in [3.8, 4) is 11.5 Å². The highest BCUT2D eigenvalue weighted by Gasteiger charge is 2.11. The van der Waals surface area contributed by atoms with Gasteiger partial charge in [-0.15, -0.1) is 0 Å². The normalized spacial score (nSPS) is 11.6. The molecule has 0 aliphatic carbocycles. The molecule has 0 saturated heterocycles. The summed E-state index contributed by atoms with van der Waals surface area (Å²) in [7, 11) is 0. The van der Waals surface area contributed by atoms with Crippen LogP contribution < -0.4 is 9.47 Å². The molecule has 3 aromatic rings. The lowest BCUT2D eigenvalue weighted by Gasteiger charge is -2.16. The number of ether oxygens (including phenoxy) is 2. The molecule has 0 heterocycles. The summed E-state index contributed by atoms with van der Waals surface area (Å²) in [6.45, 7) is 6.00. The third kappa shape index (κ3) is 16.0. The van der Waals surface area contributed by atoms with E-state index in [9.17, 15) is 0 Å². The Labute approximate surface area is 297 Å². The van der Waals surface area contributed by atoms with Crippen LogP contribution in [0.15, 0.2) is 69.6 Å². The van der Waals surface area contributed by atoms with Crippen molar-refractivity contribution in [2.45, 2.75) is 117 Å². The third-order valence-electron chi connectivity index (χ3n) is 8.30. The molecule has 0 spiro atoms. The van der Waals surface area contributed by atoms with Crippen LogP contribution in [0.4, 0.5) is 0 Å². The van der Waals surface area contributed by atoms with Crippen molar-refractivity contribution in [1.82, 2.24) is 0 Å². The average Bonchev–Trinajstić information content (AvgIpc) is 3.07. The summed E-state index contributed by atoms with van der Waals surface area (Å²) < 4.78 is 15.2. The van der Waals surface area contributed by atoms with Crippen LogP contribution in [-0.4, -0.2) is 13.2 Å². The van der Waals surface area contributed by atoms with E-state index in [2.05, 4.69) is 131 Å². The first-order valence-electron chi connectivity index (χ1n) is 17.9. The van der Waals surface area contributed by atoms with Gasteiger partial charge in [0.25, 0.3) is 0 Å². The molecule has 46 heavy (non-hydrogen) atoms. The summed E-state index contributed by atoms with van der Waals surface area (Å²) in [6, 6.07) is 21.1. The van der Waals surface area contributed by atoms with Crippen LogP contribution in [0.3, 0.4) is 0 Å². The van der Waals surface area contributed by atoms with Gasteiger partial charge in [-0.1, -0.05) is 184 Å². The molecule has 0 aliphatic heterocycles. The van der Waals surface area contributed by atoms with E-state index in [1.54, 1.807) is 0 Å². The van der Waals surface area contributed by atoms with Gasteiger partial charge in [-0.3, -0.25) is 0 Å². The lowest BCUT2D eigenvalue weighted by molar-refractivity contribution is 0.295. The molecular weight excluding hydrogens is 696 g/mol. The van der Waals surface area contributed by atoms with Crippen LogP contribution in [0, 0.1) is 0 Å². The van der Waals surface area contributed by atoms with E-state index in [-0.39, 0.29) is 0 Å². The molecule has 0 saturated carbocycles. The molecule has 0 amide bonds. The van der Waals surface area contributed by atoms with Crippen molar-refractivity contribution in [2.75, 3.05) is 13.2 Å². The number of rotatable bonds is 24. The van der Waals surface area contributed by atoms with Crippen molar-refractivity contribution in [3.05, 3.63) is 91.9 Å². The quantitative estimate of drug-likeness (QED) is 0.0670. The maximum absolute atomic E-state index is 6.50. The zero-order chi connectivity index (χ0) is 32.7. The van der Waals surface area contributed by atoms with Crippen LogP contribution in [0.25, 0.3) is 24.3 Å². The summed E-state index contributed by atoms with van der Waals surface area (Å²) in [5, 5.41) is 0. The summed E-state index contributed by atoms with van der Waals surface area (Å²) in [4.78, 5) is 0. The van der Waals surface area contributed by atoms with Gasteiger partial charge < -0.3 is 9.47 Å². The second-order valence-electron chi connectivity index (χ2n) is 12.3. The minimum Gasteiger partial charge on any atom is -0.493 e. The highest BCUT2D eigenvalue weighted by atomic mass is 79.9. The Hall–Kier alpha value is -2.30. The van der Waals surface area contributed by atoms with E-state index < -0.39 is 0 Å². The Bertz CT molecular complexity index is 1180. The smallest absolute Gasteiger partial charge is 0.127 e. The summed E-state index contributed by atoms with van der Waals surface area (Å²) >= 11 is 7.10. The van der Waals surface area contributed by atoms with Gasteiger partial charge in [0, 0.05) is 20.1 Å². The molecule has 3 aromatic carbocycles. The topological polar surface area (TPSA) is 18.5 Å². The van der Waals surface area contributed by atoms with Crippen molar-refractivity contribution in [1.29, 1.82) is 0 Å². The van der Waals surface area contributed by atoms with Gasteiger partial charge in [-0.2, -0.15) is 0 Å². The lowest BCUT2D eigenvalue weighted by Crippen LogP contribution is -2.03. The minimum atomic E-state index is 0.725. The Morgan fingerprint density at radius 3 is 1.11 bits per heavy atom. The molecule has 0 radical (unpaired) electrons. The number of hydrogen-bond acceptors (Lipinski definition) is 2. The van der Waals surface area contributed by atoms with Crippen molar-refractivity contribution < 1.29 is 9.47 Å². The van der Waals surface area contributed by atoms with Gasteiger partial charge in [0.05, 0.1) is 13.2 Å². The zero-order valence-electron chi connectivity index (χ0n) is 28.4. The average molecular weight is 753 g/mol. The molecule has 0 bridgehead atoms. The first-order valence-corrected chi connectivity index (χ1v) is 19.5. The fraction of sp³-hybridized carbons (Fsp3) is 0.476. The van der Waals surface area contributed by atoms with Crippen LogP contribution >= 0.6 is 31.9 Å². The molecule has 4 heteroatoms. The Morgan fingerprint density at radius 2 is 0.761 bits per heavy atom. The second kappa shape index (κ2) is 23.9. The molecule has 0 aromatic heterocycles. The molecule has 2 nitrogen and oxygen atoms in total. The van der Waals surface area contributed by atoms with Crippen LogP contribution in [0.1, 0.15) is 139 Å². The van der Waals surface area contributed by atoms with Crippen molar-refractivity contribution in [2.24, 2.45) is 0 Å². The molecule has 250 valence electrons. The molecule has 0 atom stereocenters. The SMILES string of the molecule is CCCCCCCCCCOc1cc(/C=C/c2ccc(Br)cc2)c(OCCCCCCCCCC)cc1/C=C/c1ccc(Br)cc1. The zero-order valence-corrected chi connectivity index (χ0v) is 31.6. The van der Waals surface area contributed by atoms with Gasteiger partial charge in [-0.25, -0.2) is 0 Å². The van der Waals surface area contributed by atoms with E-state index in [0.717, 1.165) is 68.8 Å². The highest BCUT2D eigenvalue weighted by Crippen LogP contribution is 2.33. The Morgan fingerprint density at radius 1 is 0.435 bits per heavy atom. The lowest BCUT2D eigenvalue weighted by atomic mass is 10.0. The number of hydrogen-bond donors (Lipinski definition) is 0. The van der Waals surface area contributed by atoms with Gasteiger partial charge in [0.15, 0.2) is 0 Å². The maximum Gasteiger partial charge on any atom is 0.127 e. The molecule has 3 rings (SSSR count). The molecule has 0 aliphatic rings. The molecule has 0 fully saturated rings. The van der Waals surface area contributed by atoms with Crippen LogP contribution in [-0.2, 0) is 0 Å². The van der Waals surface area contributed by atoms with Gasteiger partial charge in [0.1, 0.15) is 11.5 Å². The van der Waals surface area contributed by atoms with Crippen molar-refractivity contribution >= 4 is 56.2 Å². The largest absolute Gasteiger partial charge is 0.493 e. The number of unbranched alkanes of at least 4 members (excludes halogenated alkanes) is 14. The molecular formula is C42H56Br2O2. The van der Waals surface area contributed by atoms with Gasteiger partial charge in [-0.05, 0) is 60.4 Å². The standard InChI is InChI=1S/C42H56Br2O2/c1-3-5-7-9-11-13-15-17-31-45-41-33-38(26-20-36-23-29-40(44)30-24-36)42(46-32-18-16-14-12-10-8-6-4-2)34-37(41)25-19-35-21-27-39(43)28-22-35/h19-30,33-34H,3-18,31-32H2,1-2H3/b25-19+,26-20+. The van der Waals surface area contributed by atoms with E-state index >= 15 is 0 Å². The monoisotopic (exact) mass is 750 g/mol. The fourth-order valence-electron chi connectivity index (χ4n) is 5.46. The predicted molar refractivity (Wildman–Crippen MR) is 209 cm³/mol. The third-order valence-corrected chi connectivity index (χ3v) is 9.36. The maximum atomic E-state index is 6.50.